The average Bonchev–Trinajstić information content (AvgIpc) is 2.65. The van der Waals surface area contributed by atoms with Crippen molar-refractivity contribution < 1.29 is 14.2 Å². The van der Waals surface area contributed by atoms with Gasteiger partial charge in [0.15, 0.2) is 5.76 Å². The molecule has 0 saturated carbocycles. The molecule has 0 unspecified atom stereocenters. The summed E-state index contributed by atoms with van der Waals surface area (Å²) in [5.74, 6) is 1.78. The number of hydrogen-bond acceptors (Lipinski definition) is 6. The minimum absolute atomic E-state index is 0.462. The zero-order valence-electron chi connectivity index (χ0n) is 13.4. The van der Waals surface area contributed by atoms with Crippen molar-refractivity contribution in [2.24, 2.45) is 5.73 Å². The summed E-state index contributed by atoms with van der Waals surface area (Å²) in [4.78, 5) is 0. The van der Waals surface area contributed by atoms with E-state index in [2.05, 4.69) is 23.2 Å². The second-order valence-electron chi connectivity index (χ2n) is 4.52. The summed E-state index contributed by atoms with van der Waals surface area (Å²) in [7, 11) is 4.75. The van der Waals surface area contributed by atoms with Crippen LogP contribution in [0.5, 0.6) is 0 Å². The third kappa shape index (κ3) is 5.09. The Bertz CT molecular complexity index is 579. The first kappa shape index (κ1) is 17.5. The Morgan fingerprint density at radius 2 is 2.05 bits per heavy atom. The van der Waals surface area contributed by atoms with Crippen LogP contribution in [-0.2, 0) is 14.2 Å². The van der Waals surface area contributed by atoms with E-state index < -0.39 is 0 Å². The summed E-state index contributed by atoms with van der Waals surface area (Å²) < 4.78 is 16.0. The molecule has 1 rings (SSSR count). The Hall–Kier alpha value is -2.56. The highest BCUT2D eigenvalue weighted by molar-refractivity contribution is 5.47. The molecular formula is C16H23N3O3. The van der Waals surface area contributed by atoms with Gasteiger partial charge in [-0.1, -0.05) is 12.3 Å². The van der Waals surface area contributed by atoms with Crippen molar-refractivity contribution in [1.29, 1.82) is 0 Å². The Balaban J connectivity index is 3.05. The molecule has 0 radical (unpaired) electrons. The molecule has 22 heavy (non-hydrogen) atoms. The molecule has 0 aromatic heterocycles. The smallest absolute Gasteiger partial charge is 0.165 e. The minimum Gasteiger partial charge on any atom is -0.496 e. The highest BCUT2D eigenvalue weighted by atomic mass is 16.5. The van der Waals surface area contributed by atoms with Gasteiger partial charge in [0.1, 0.15) is 11.5 Å². The molecule has 0 amide bonds. The lowest BCUT2D eigenvalue weighted by atomic mass is 10.1. The average molecular weight is 305 g/mol. The molecule has 0 aromatic rings. The van der Waals surface area contributed by atoms with Crippen molar-refractivity contribution >= 4 is 0 Å². The highest BCUT2D eigenvalue weighted by Crippen LogP contribution is 2.24. The minimum atomic E-state index is 0.462. The first-order valence-electron chi connectivity index (χ1n) is 6.67. The fourth-order valence-electron chi connectivity index (χ4n) is 1.72. The van der Waals surface area contributed by atoms with Crippen molar-refractivity contribution in [3.8, 4) is 0 Å². The number of hydrazine groups is 1. The molecule has 120 valence electrons. The van der Waals surface area contributed by atoms with Gasteiger partial charge in [-0.2, -0.15) is 0 Å². The van der Waals surface area contributed by atoms with Crippen LogP contribution in [0.2, 0.25) is 0 Å². The predicted molar refractivity (Wildman–Crippen MR) is 86.0 cm³/mol. The lowest BCUT2D eigenvalue weighted by molar-refractivity contribution is 0.273. The predicted octanol–water partition coefficient (Wildman–Crippen LogP) is 1.59. The van der Waals surface area contributed by atoms with Crippen LogP contribution in [0.1, 0.15) is 6.92 Å². The molecule has 0 fully saturated rings. The molecule has 6 heteroatoms. The first-order chi connectivity index (χ1) is 10.5. The van der Waals surface area contributed by atoms with Crippen molar-refractivity contribution in [2.45, 2.75) is 6.92 Å². The van der Waals surface area contributed by atoms with Gasteiger partial charge >= 0.3 is 0 Å². The molecule has 0 bridgehead atoms. The lowest BCUT2D eigenvalue weighted by Crippen LogP contribution is -2.33. The molecule has 0 aromatic carbocycles. The maximum atomic E-state index is 5.50. The van der Waals surface area contributed by atoms with E-state index in [1.54, 1.807) is 33.5 Å². The van der Waals surface area contributed by atoms with Crippen LogP contribution in [0.15, 0.2) is 64.8 Å². The van der Waals surface area contributed by atoms with Gasteiger partial charge in [-0.3, -0.25) is 0 Å². The molecular weight excluding hydrogens is 282 g/mol. The lowest BCUT2D eigenvalue weighted by Gasteiger charge is -2.13. The van der Waals surface area contributed by atoms with E-state index in [1.165, 1.54) is 0 Å². The van der Waals surface area contributed by atoms with E-state index in [9.17, 15) is 0 Å². The van der Waals surface area contributed by atoms with Gasteiger partial charge in [-0.05, 0) is 13.0 Å². The highest BCUT2D eigenvalue weighted by Gasteiger charge is 2.14. The number of nitrogens with one attached hydrogen (secondary N) is 2. The molecule has 0 aliphatic heterocycles. The van der Waals surface area contributed by atoms with E-state index >= 15 is 0 Å². The van der Waals surface area contributed by atoms with Gasteiger partial charge in [-0.25, -0.2) is 5.43 Å². The van der Waals surface area contributed by atoms with E-state index in [1.807, 2.05) is 13.0 Å². The third-order valence-corrected chi connectivity index (χ3v) is 2.76. The summed E-state index contributed by atoms with van der Waals surface area (Å²) >= 11 is 0. The fraction of sp³-hybridized carbons (Fsp3) is 0.312. The van der Waals surface area contributed by atoms with Crippen molar-refractivity contribution in [3.05, 3.63) is 64.8 Å². The molecule has 1 aliphatic carbocycles. The Morgan fingerprint density at radius 1 is 1.32 bits per heavy atom. The number of methoxy groups -OCH3 is 3. The largest absolute Gasteiger partial charge is 0.496 e. The van der Waals surface area contributed by atoms with Gasteiger partial charge in [0, 0.05) is 23.5 Å². The topological polar surface area (TPSA) is 77.8 Å². The van der Waals surface area contributed by atoms with Crippen LogP contribution in [0.4, 0.5) is 0 Å². The summed E-state index contributed by atoms with van der Waals surface area (Å²) in [5, 5.41) is 0. The van der Waals surface area contributed by atoms with Crippen molar-refractivity contribution in [2.75, 3.05) is 27.9 Å². The number of allylic oxidation sites excluding steroid dienone is 3. The van der Waals surface area contributed by atoms with E-state index in [0.717, 1.165) is 11.3 Å². The Kier molecular flexibility index (Phi) is 6.89. The van der Waals surface area contributed by atoms with Crippen molar-refractivity contribution in [3.63, 3.8) is 0 Å². The number of rotatable bonds is 8. The first-order valence-corrected chi connectivity index (χ1v) is 6.67. The fourth-order valence-corrected chi connectivity index (χ4v) is 1.72. The monoisotopic (exact) mass is 305 g/mol. The zero-order chi connectivity index (χ0) is 16.5. The quantitative estimate of drug-likeness (QED) is 0.467. The van der Waals surface area contributed by atoms with E-state index in [-0.39, 0.29) is 0 Å². The maximum absolute atomic E-state index is 5.50. The van der Waals surface area contributed by atoms with Gasteiger partial charge in [0.2, 0.25) is 0 Å². The second-order valence-corrected chi connectivity index (χ2v) is 4.52. The number of hydrogen-bond donors (Lipinski definition) is 3. The van der Waals surface area contributed by atoms with Crippen LogP contribution in [-0.4, -0.2) is 27.9 Å². The Labute approximate surface area is 131 Å². The van der Waals surface area contributed by atoms with Crippen LogP contribution in [0.25, 0.3) is 0 Å². The van der Waals surface area contributed by atoms with Crippen molar-refractivity contribution in [1.82, 2.24) is 10.9 Å². The van der Waals surface area contributed by atoms with Crippen LogP contribution < -0.4 is 16.6 Å². The van der Waals surface area contributed by atoms with Gasteiger partial charge in [0.05, 0.1) is 33.4 Å². The molecule has 4 N–H and O–H groups in total. The summed E-state index contributed by atoms with van der Waals surface area (Å²) in [6, 6.07) is 0. The van der Waals surface area contributed by atoms with E-state index in [0.29, 0.717) is 29.5 Å². The maximum Gasteiger partial charge on any atom is 0.165 e. The third-order valence-electron chi connectivity index (χ3n) is 2.76. The van der Waals surface area contributed by atoms with Crippen LogP contribution >= 0.6 is 0 Å². The summed E-state index contributed by atoms with van der Waals surface area (Å²) in [5.41, 5.74) is 16.6. The normalized spacial score (nSPS) is 14.8. The summed E-state index contributed by atoms with van der Waals surface area (Å²) in [6.07, 6.45) is 5.34. The standard InChI is InChI=1S/C16H23N3O3/c1-11(17)10-18-19-12(2)8-14-15(21-4)7-6-13(20-3)9-16(14)22-5/h7-9,18-19H,1,10,17H2,2-5H3/b12-8+. The van der Waals surface area contributed by atoms with Crippen LogP contribution in [0, 0.1) is 0 Å². The molecule has 0 heterocycles. The van der Waals surface area contributed by atoms with Crippen LogP contribution in [0.3, 0.4) is 0 Å². The molecule has 6 nitrogen and oxygen atoms in total. The second kappa shape index (κ2) is 8.67. The van der Waals surface area contributed by atoms with Gasteiger partial charge in [-0.15, -0.1) is 0 Å². The number of ether oxygens (including phenoxy) is 3. The molecule has 1 aliphatic rings. The molecule has 0 saturated heterocycles. The summed E-state index contributed by atoms with van der Waals surface area (Å²) in [6.45, 7) is 5.98. The van der Waals surface area contributed by atoms with Gasteiger partial charge < -0.3 is 25.4 Å². The Morgan fingerprint density at radius 3 is 2.59 bits per heavy atom. The molecule has 0 spiro atoms. The SMILES string of the molecule is C=C(N)CNN/C(C)=C/C1=C(OC)C=C=C(OC)C=C1OC. The van der Waals surface area contributed by atoms with E-state index in [4.69, 9.17) is 19.9 Å². The number of nitrogens with two attached hydrogens (primary N) is 1. The molecule has 0 atom stereocenters. The zero-order valence-corrected chi connectivity index (χ0v) is 13.4. The van der Waals surface area contributed by atoms with Gasteiger partial charge in [0.25, 0.3) is 0 Å².